The van der Waals surface area contributed by atoms with Crippen LogP contribution in [-0.4, -0.2) is 0 Å². The minimum atomic E-state index is 0.125. The lowest BCUT2D eigenvalue weighted by Gasteiger charge is -2.33. The normalized spacial score (nSPS) is 13.4. The van der Waals surface area contributed by atoms with E-state index in [1.807, 2.05) is 22.7 Å². The molecule has 45 heavy (non-hydrogen) atoms. The maximum atomic E-state index is 2.63. The first kappa shape index (κ1) is 32.3. The maximum Gasteiger partial charge on any atom is 0.0527 e. The molecule has 0 unspecified atom stereocenters. The SMILES string of the molecule is CCCCCCc1ccc(-c2sc(-c3ccc4c(c3)C(CCCCCC)(CCCCCC)c3ccccc3-4)c3ccccc23)s1. The Kier molecular flexibility index (Phi) is 11.0. The minimum absolute atomic E-state index is 0.125. The number of hydrogen-bond acceptors (Lipinski definition) is 2. The molecule has 1 aliphatic rings. The van der Waals surface area contributed by atoms with E-state index in [4.69, 9.17) is 0 Å². The van der Waals surface area contributed by atoms with E-state index in [1.165, 1.54) is 143 Å². The Hall–Kier alpha value is -2.68. The summed E-state index contributed by atoms with van der Waals surface area (Å²) in [5.74, 6) is 0. The lowest BCUT2D eigenvalue weighted by atomic mass is 9.70. The molecule has 1 aliphatic carbocycles. The van der Waals surface area contributed by atoms with Gasteiger partial charge in [0, 0.05) is 30.8 Å². The van der Waals surface area contributed by atoms with Crippen molar-refractivity contribution in [3.8, 4) is 31.3 Å². The average molecular weight is 633 g/mol. The summed E-state index contributed by atoms with van der Waals surface area (Å²) in [6, 6.07) is 30.8. The van der Waals surface area contributed by atoms with Crippen LogP contribution in [0.4, 0.5) is 0 Å². The van der Waals surface area contributed by atoms with Crippen molar-refractivity contribution in [1.82, 2.24) is 0 Å². The number of thiophene rings is 2. The molecule has 2 heterocycles. The summed E-state index contributed by atoms with van der Waals surface area (Å²) >= 11 is 4.03. The monoisotopic (exact) mass is 632 g/mol. The fourth-order valence-corrected chi connectivity index (χ4v) is 10.3. The molecule has 0 spiro atoms. The first-order valence-corrected chi connectivity index (χ1v) is 19.7. The van der Waals surface area contributed by atoms with Gasteiger partial charge in [0.15, 0.2) is 0 Å². The number of unbranched alkanes of at least 4 members (excludes halogenated alkanes) is 9. The van der Waals surface area contributed by atoms with E-state index >= 15 is 0 Å². The van der Waals surface area contributed by atoms with Crippen molar-refractivity contribution in [2.75, 3.05) is 0 Å². The van der Waals surface area contributed by atoms with Crippen LogP contribution in [0, 0.1) is 0 Å². The quantitative estimate of drug-likeness (QED) is 0.0895. The molecule has 5 aromatic rings. The highest BCUT2D eigenvalue weighted by Gasteiger charge is 2.42. The Morgan fingerprint density at radius 3 is 1.84 bits per heavy atom. The van der Waals surface area contributed by atoms with Gasteiger partial charge in [-0.2, -0.15) is 0 Å². The molecule has 2 heteroatoms. The summed E-state index contributed by atoms with van der Waals surface area (Å²) in [7, 11) is 0. The van der Waals surface area contributed by atoms with Crippen LogP contribution in [0.2, 0.25) is 0 Å². The minimum Gasteiger partial charge on any atom is -0.139 e. The van der Waals surface area contributed by atoms with Gasteiger partial charge in [-0.05, 0) is 71.7 Å². The predicted octanol–water partition coefficient (Wildman–Crippen LogP) is 14.6. The highest BCUT2D eigenvalue weighted by molar-refractivity contribution is 7.25. The van der Waals surface area contributed by atoms with E-state index in [0.29, 0.717) is 0 Å². The van der Waals surface area contributed by atoms with Crippen LogP contribution < -0.4 is 0 Å². The first-order valence-electron chi connectivity index (χ1n) is 18.1. The van der Waals surface area contributed by atoms with Crippen LogP contribution in [0.3, 0.4) is 0 Å². The lowest BCUT2D eigenvalue weighted by molar-refractivity contribution is 0.401. The van der Waals surface area contributed by atoms with Crippen molar-refractivity contribution >= 4 is 33.4 Å². The molecule has 0 amide bonds. The predicted molar refractivity (Wildman–Crippen MR) is 202 cm³/mol. The Balaban J connectivity index is 1.40. The highest BCUT2D eigenvalue weighted by Crippen LogP contribution is 2.56. The van der Waals surface area contributed by atoms with E-state index in [9.17, 15) is 0 Å². The highest BCUT2D eigenvalue weighted by atomic mass is 32.1. The molecule has 0 atom stereocenters. The second kappa shape index (κ2) is 15.3. The summed E-state index contributed by atoms with van der Waals surface area (Å²) < 4.78 is 0. The van der Waals surface area contributed by atoms with Gasteiger partial charge in [0.2, 0.25) is 0 Å². The third kappa shape index (κ3) is 6.75. The van der Waals surface area contributed by atoms with Gasteiger partial charge in [-0.15, -0.1) is 22.7 Å². The molecule has 0 saturated carbocycles. The third-order valence-electron chi connectivity index (χ3n) is 10.2. The Morgan fingerprint density at radius 1 is 0.511 bits per heavy atom. The molecule has 0 N–H and O–H groups in total. The molecule has 0 radical (unpaired) electrons. The van der Waals surface area contributed by atoms with Crippen LogP contribution in [0.25, 0.3) is 42.1 Å². The van der Waals surface area contributed by atoms with Crippen LogP contribution >= 0.6 is 22.7 Å². The van der Waals surface area contributed by atoms with Crippen molar-refractivity contribution in [3.05, 3.63) is 94.9 Å². The van der Waals surface area contributed by atoms with Crippen molar-refractivity contribution in [2.45, 2.75) is 122 Å². The zero-order valence-corrected chi connectivity index (χ0v) is 29.6. The summed E-state index contributed by atoms with van der Waals surface area (Å²) in [5.41, 5.74) is 7.67. The molecule has 0 bridgehead atoms. The van der Waals surface area contributed by atoms with Crippen LogP contribution in [0.1, 0.15) is 127 Å². The molecule has 3 aromatic carbocycles. The van der Waals surface area contributed by atoms with E-state index in [2.05, 4.69) is 99.6 Å². The molecule has 0 aliphatic heterocycles. The second-order valence-electron chi connectivity index (χ2n) is 13.4. The zero-order valence-electron chi connectivity index (χ0n) is 27.9. The van der Waals surface area contributed by atoms with E-state index < -0.39 is 0 Å². The van der Waals surface area contributed by atoms with Crippen LogP contribution in [0.5, 0.6) is 0 Å². The van der Waals surface area contributed by atoms with Gasteiger partial charge in [-0.25, -0.2) is 0 Å². The number of aryl methyl sites for hydroxylation is 1. The average Bonchev–Trinajstić information content (AvgIpc) is 3.77. The summed E-state index contributed by atoms with van der Waals surface area (Å²) in [4.78, 5) is 5.84. The van der Waals surface area contributed by atoms with Gasteiger partial charge < -0.3 is 0 Å². The molecular formula is C43H52S2. The molecule has 0 saturated heterocycles. The number of rotatable bonds is 17. The Labute approximate surface area is 280 Å². The van der Waals surface area contributed by atoms with Gasteiger partial charge in [-0.3, -0.25) is 0 Å². The molecule has 0 fully saturated rings. The van der Waals surface area contributed by atoms with Crippen molar-refractivity contribution < 1.29 is 0 Å². The zero-order chi connectivity index (χ0) is 31.1. The first-order chi connectivity index (χ1) is 22.2. The smallest absolute Gasteiger partial charge is 0.0527 e. The topological polar surface area (TPSA) is 0 Å². The van der Waals surface area contributed by atoms with E-state index in [-0.39, 0.29) is 5.41 Å². The van der Waals surface area contributed by atoms with Crippen molar-refractivity contribution in [3.63, 3.8) is 0 Å². The number of benzene rings is 3. The summed E-state index contributed by atoms with van der Waals surface area (Å²) in [5, 5.41) is 2.81. The maximum absolute atomic E-state index is 2.63. The molecular weight excluding hydrogens is 581 g/mol. The van der Waals surface area contributed by atoms with Gasteiger partial charge in [-0.1, -0.05) is 152 Å². The van der Waals surface area contributed by atoms with Crippen LogP contribution in [0.15, 0.2) is 78.9 Å². The number of hydrogen-bond donors (Lipinski definition) is 0. The molecule has 236 valence electrons. The molecule has 6 rings (SSSR count). The summed E-state index contributed by atoms with van der Waals surface area (Å²) in [6.45, 7) is 6.96. The largest absolute Gasteiger partial charge is 0.139 e. The van der Waals surface area contributed by atoms with E-state index in [1.54, 1.807) is 11.1 Å². The summed E-state index contributed by atoms with van der Waals surface area (Å²) in [6.07, 6.45) is 19.6. The van der Waals surface area contributed by atoms with Gasteiger partial charge >= 0.3 is 0 Å². The molecule has 2 aromatic heterocycles. The fourth-order valence-electron chi connectivity index (χ4n) is 7.82. The van der Waals surface area contributed by atoms with Gasteiger partial charge in [0.25, 0.3) is 0 Å². The Morgan fingerprint density at radius 2 is 1.13 bits per heavy atom. The van der Waals surface area contributed by atoms with Crippen molar-refractivity contribution in [1.29, 1.82) is 0 Å². The Bertz CT molecular complexity index is 1670. The van der Waals surface area contributed by atoms with Gasteiger partial charge in [0.05, 0.1) is 4.88 Å². The standard InChI is InChI=1S/C43H52S2/c1-4-7-10-13-20-33-26-28-40(44-33)42-37-23-15-14-22-36(37)41(45-42)32-25-27-35-34-21-16-17-24-38(34)43(39(35)31-32,29-18-11-8-5-2)30-19-12-9-6-3/h14-17,21-28,31H,4-13,18-20,29-30H2,1-3H3. The fraction of sp³-hybridized carbons (Fsp3) is 0.442. The van der Waals surface area contributed by atoms with Gasteiger partial charge in [0.1, 0.15) is 0 Å². The molecule has 0 nitrogen and oxygen atoms in total. The third-order valence-corrected chi connectivity index (χ3v) is 12.8. The van der Waals surface area contributed by atoms with Crippen molar-refractivity contribution in [2.24, 2.45) is 0 Å². The van der Waals surface area contributed by atoms with E-state index in [0.717, 1.165) is 0 Å². The lowest BCUT2D eigenvalue weighted by Crippen LogP contribution is -2.25. The number of fused-ring (bicyclic) bond motifs is 4. The second-order valence-corrected chi connectivity index (χ2v) is 15.6. The van der Waals surface area contributed by atoms with Crippen LogP contribution in [-0.2, 0) is 11.8 Å².